The smallest absolute Gasteiger partial charge is 0.311 e. The molecule has 3 aromatic rings. The van der Waals surface area contributed by atoms with Gasteiger partial charge in [-0.3, -0.25) is 14.4 Å². The van der Waals surface area contributed by atoms with Gasteiger partial charge in [0.1, 0.15) is 30.0 Å². The second kappa shape index (κ2) is 21.6. The molecule has 1 saturated carbocycles. The van der Waals surface area contributed by atoms with Crippen molar-refractivity contribution in [2.75, 3.05) is 31.7 Å². The summed E-state index contributed by atoms with van der Waals surface area (Å²) in [7, 11) is 0. The highest BCUT2D eigenvalue weighted by Gasteiger charge is 2.45. The number of carbonyl (C=O) groups is 3. The van der Waals surface area contributed by atoms with E-state index >= 15 is 0 Å². The van der Waals surface area contributed by atoms with Crippen LogP contribution < -0.4 is 14.8 Å². The molecule has 0 bridgehead atoms. The fourth-order valence-corrected chi connectivity index (χ4v) is 6.97. The molecule has 55 heavy (non-hydrogen) atoms. The zero-order chi connectivity index (χ0) is 38.1. The van der Waals surface area contributed by atoms with E-state index in [2.05, 4.69) is 5.32 Å². The van der Waals surface area contributed by atoms with Crippen molar-refractivity contribution in [1.29, 1.82) is 0 Å². The first-order chi connectivity index (χ1) is 27.0. The van der Waals surface area contributed by atoms with Crippen molar-refractivity contribution in [1.82, 2.24) is 0 Å². The van der Waals surface area contributed by atoms with Gasteiger partial charge in [-0.1, -0.05) is 48.6 Å². The third-order valence-corrected chi connectivity index (χ3v) is 9.89. The van der Waals surface area contributed by atoms with Crippen LogP contribution in [0.2, 0.25) is 0 Å². The number of esters is 1. The molecule has 6 rings (SSSR count). The Hall–Kier alpha value is -4.39. The van der Waals surface area contributed by atoms with Crippen LogP contribution in [0, 0.1) is 5.92 Å². The second-order valence-corrected chi connectivity index (χ2v) is 14.1. The van der Waals surface area contributed by atoms with Crippen LogP contribution in [-0.2, 0) is 33.3 Å². The molecule has 3 aliphatic rings. The summed E-state index contributed by atoms with van der Waals surface area (Å²) in [6.07, 6.45) is 9.84. The Bertz CT molecular complexity index is 1640. The third kappa shape index (κ3) is 13.1. The molecule has 3 unspecified atom stereocenters. The summed E-state index contributed by atoms with van der Waals surface area (Å²) in [6, 6.07) is 25.2. The Labute approximate surface area is 323 Å². The number of rotatable bonds is 19. The van der Waals surface area contributed by atoms with Crippen LogP contribution >= 0.6 is 0 Å². The van der Waals surface area contributed by atoms with Crippen LogP contribution in [0.4, 0.5) is 5.69 Å². The van der Waals surface area contributed by atoms with E-state index in [4.69, 9.17) is 33.2 Å². The lowest BCUT2D eigenvalue weighted by Gasteiger charge is -2.32. The maximum atomic E-state index is 13.4. The van der Waals surface area contributed by atoms with Crippen LogP contribution in [0.1, 0.15) is 81.0 Å². The zero-order valence-electron chi connectivity index (χ0n) is 31.4. The SMILES string of the molecule is O=C(CC/C=C\CC[C@H]1C(=O)C[C@H](OC2CCCCO2)[C@H]1OCC(COc1ccccc1)OC1CCCCO1)Oc1ccc(NC(=O)c2ccccc2)cc1. The Morgan fingerprint density at radius 1 is 0.782 bits per heavy atom. The molecule has 1 N–H and O–H groups in total. The van der Waals surface area contributed by atoms with E-state index < -0.39 is 18.3 Å². The number of Topliss-reactive ketones (excluding diaryl/α,β-unsaturated/α-hetero) is 1. The molecule has 1 amide bonds. The zero-order valence-corrected chi connectivity index (χ0v) is 31.4. The lowest BCUT2D eigenvalue weighted by molar-refractivity contribution is -0.226. The van der Waals surface area contributed by atoms with Gasteiger partial charge in [0.25, 0.3) is 5.91 Å². The minimum atomic E-state index is -0.463. The van der Waals surface area contributed by atoms with Gasteiger partial charge < -0.3 is 38.5 Å². The first kappa shape index (κ1) is 40.3. The number of nitrogens with one attached hydrogen (secondary N) is 1. The van der Waals surface area contributed by atoms with Gasteiger partial charge >= 0.3 is 5.97 Å². The van der Waals surface area contributed by atoms with Gasteiger partial charge in [-0.15, -0.1) is 0 Å². The van der Waals surface area contributed by atoms with Crippen molar-refractivity contribution in [2.24, 2.45) is 5.92 Å². The quantitative estimate of drug-likeness (QED) is 0.0735. The van der Waals surface area contributed by atoms with Gasteiger partial charge in [-0.25, -0.2) is 0 Å². The summed E-state index contributed by atoms with van der Waals surface area (Å²) < 4.78 is 42.6. The Balaban J connectivity index is 0.983. The van der Waals surface area contributed by atoms with E-state index in [-0.39, 0.29) is 62.2 Å². The molecule has 11 nitrogen and oxygen atoms in total. The average molecular weight is 756 g/mol. The molecule has 3 aromatic carbocycles. The molecule has 0 radical (unpaired) electrons. The third-order valence-electron chi connectivity index (χ3n) is 9.89. The van der Waals surface area contributed by atoms with Crippen molar-refractivity contribution in [3.8, 4) is 11.5 Å². The van der Waals surface area contributed by atoms with Crippen molar-refractivity contribution in [2.45, 2.75) is 102 Å². The number of benzene rings is 3. The Kier molecular flexibility index (Phi) is 15.8. The molecule has 11 heteroatoms. The maximum absolute atomic E-state index is 13.4. The van der Waals surface area contributed by atoms with Gasteiger partial charge in [0, 0.05) is 43.2 Å². The Morgan fingerprint density at radius 2 is 1.47 bits per heavy atom. The number of anilines is 1. The summed E-state index contributed by atoms with van der Waals surface area (Å²) in [6.45, 7) is 1.80. The van der Waals surface area contributed by atoms with Gasteiger partial charge in [0.2, 0.25) is 0 Å². The van der Waals surface area contributed by atoms with E-state index in [1.54, 1.807) is 48.5 Å². The fourth-order valence-electron chi connectivity index (χ4n) is 6.97. The van der Waals surface area contributed by atoms with E-state index in [0.29, 0.717) is 49.5 Å². The summed E-state index contributed by atoms with van der Waals surface area (Å²) in [5, 5.41) is 2.83. The first-order valence-electron chi connectivity index (χ1n) is 19.7. The normalized spacial score (nSPS) is 23.3. The number of carbonyl (C=O) groups excluding carboxylic acids is 3. The summed E-state index contributed by atoms with van der Waals surface area (Å²) in [4.78, 5) is 38.4. The fraction of sp³-hybridized carbons (Fsp3) is 0.477. The van der Waals surface area contributed by atoms with Gasteiger partial charge in [-0.2, -0.15) is 0 Å². The largest absolute Gasteiger partial charge is 0.491 e. The molecule has 2 saturated heterocycles. The first-order valence-corrected chi connectivity index (χ1v) is 19.7. The monoisotopic (exact) mass is 755 g/mol. The van der Waals surface area contributed by atoms with Gasteiger partial charge in [0.15, 0.2) is 12.6 Å². The number of para-hydroxylation sites is 1. The minimum Gasteiger partial charge on any atom is -0.491 e. The molecule has 0 spiro atoms. The van der Waals surface area contributed by atoms with Crippen LogP contribution in [0.25, 0.3) is 0 Å². The number of ketones is 1. The van der Waals surface area contributed by atoms with E-state index in [1.807, 2.05) is 48.6 Å². The Morgan fingerprint density at radius 3 is 2.18 bits per heavy atom. The van der Waals surface area contributed by atoms with E-state index in [0.717, 1.165) is 44.3 Å². The van der Waals surface area contributed by atoms with E-state index in [1.165, 1.54) is 0 Å². The number of ether oxygens (including phenoxy) is 7. The van der Waals surface area contributed by atoms with Crippen LogP contribution in [0.15, 0.2) is 97.1 Å². The van der Waals surface area contributed by atoms with Crippen LogP contribution in [0.5, 0.6) is 11.5 Å². The molecule has 2 aliphatic heterocycles. The number of allylic oxidation sites excluding steroid dienone is 2. The predicted molar refractivity (Wildman–Crippen MR) is 206 cm³/mol. The molecule has 3 fully saturated rings. The summed E-state index contributed by atoms with van der Waals surface area (Å²) in [5.41, 5.74) is 1.16. The standard InChI is InChI=1S/C44H53NO10/c46-38-29-39(55-42-22-12-14-28-50-42)43(52-31-36(54-41-21-11-13-27-49-41)30-51-34-17-7-4-8-18-34)37(38)19-9-1-2-10-20-40(47)53-35-25-23-33(24-26-35)45-44(48)32-15-5-3-6-16-32/h1-8,15-18,23-26,36-37,39,41-43H,9-14,19-22,27-31H2,(H,45,48)/b2-1-/t36?,37-,39-,41?,42?,43-/m0/s1. The molecular formula is C44H53NO10. The highest BCUT2D eigenvalue weighted by molar-refractivity contribution is 6.04. The maximum Gasteiger partial charge on any atom is 0.311 e. The molecule has 1 aliphatic carbocycles. The predicted octanol–water partition coefficient (Wildman–Crippen LogP) is 7.84. The summed E-state index contributed by atoms with van der Waals surface area (Å²) in [5.74, 6) is 0.325. The molecule has 2 heterocycles. The van der Waals surface area contributed by atoms with Crippen LogP contribution in [-0.4, -0.2) is 75.0 Å². The highest BCUT2D eigenvalue weighted by atomic mass is 16.7. The molecule has 6 atom stereocenters. The van der Waals surface area contributed by atoms with Crippen molar-refractivity contribution in [3.63, 3.8) is 0 Å². The summed E-state index contributed by atoms with van der Waals surface area (Å²) >= 11 is 0. The highest BCUT2D eigenvalue weighted by Crippen LogP contribution is 2.34. The number of amides is 1. The lowest BCUT2D eigenvalue weighted by Crippen LogP contribution is -2.40. The van der Waals surface area contributed by atoms with Gasteiger partial charge in [-0.05, 0) is 106 Å². The molecule has 294 valence electrons. The molecular weight excluding hydrogens is 702 g/mol. The number of hydrogen-bond donors (Lipinski definition) is 1. The van der Waals surface area contributed by atoms with Crippen molar-refractivity contribution in [3.05, 3.63) is 103 Å². The van der Waals surface area contributed by atoms with Gasteiger partial charge in [0.05, 0.1) is 18.8 Å². The van der Waals surface area contributed by atoms with Crippen molar-refractivity contribution >= 4 is 23.3 Å². The van der Waals surface area contributed by atoms with E-state index in [9.17, 15) is 14.4 Å². The lowest BCUT2D eigenvalue weighted by atomic mass is 9.97. The van der Waals surface area contributed by atoms with Crippen LogP contribution in [0.3, 0.4) is 0 Å². The average Bonchev–Trinajstić information content (AvgIpc) is 3.51. The minimum absolute atomic E-state index is 0.113. The van der Waals surface area contributed by atoms with Crippen molar-refractivity contribution < 1.29 is 47.5 Å². The second-order valence-electron chi connectivity index (χ2n) is 14.1. The molecule has 0 aromatic heterocycles. The topological polar surface area (TPSA) is 128 Å². The number of hydrogen-bond acceptors (Lipinski definition) is 10.